The van der Waals surface area contributed by atoms with Gasteiger partial charge in [-0.2, -0.15) is 10.5 Å². The van der Waals surface area contributed by atoms with Gasteiger partial charge < -0.3 is 0 Å². The Balaban J connectivity index is 3.64. The fourth-order valence-corrected chi connectivity index (χ4v) is 0.982. The Labute approximate surface area is 91.8 Å². The van der Waals surface area contributed by atoms with Crippen molar-refractivity contribution in [1.82, 2.24) is 0 Å². The predicted octanol–water partition coefficient (Wildman–Crippen LogP) is 2.81. The van der Waals surface area contributed by atoms with E-state index in [4.69, 9.17) is 10.5 Å². The van der Waals surface area contributed by atoms with E-state index in [1.165, 1.54) is 12.1 Å². The minimum atomic E-state index is -2.30. The first-order valence-corrected chi connectivity index (χ1v) is 3.97. The molecular weight excluding hydrogens is 243 g/mol. The van der Waals surface area contributed by atoms with E-state index in [9.17, 15) is 22.0 Å². The highest BCUT2D eigenvalue weighted by Crippen LogP contribution is 2.24. The molecule has 0 fully saturated rings. The van der Waals surface area contributed by atoms with Gasteiger partial charge in [0.25, 0.3) is 0 Å². The molecule has 2 nitrogen and oxygen atoms in total. The van der Waals surface area contributed by atoms with Crippen LogP contribution in [0.3, 0.4) is 0 Å². The number of benzene rings is 1. The molecule has 0 bridgehead atoms. The van der Waals surface area contributed by atoms with Crippen LogP contribution in [-0.2, 0) is 0 Å². The van der Waals surface area contributed by atoms with E-state index >= 15 is 0 Å². The van der Waals surface area contributed by atoms with E-state index in [1.54, 1.807) is 0 Å². The van der Waals surface area contributed by atoms with Crippen molar-refractivity contribution in [2.75, 3.05) is 0 Å². The van der Waals surface area contributed by atoms with Crippen LogP contribution in [0, 0.1) is 51.7 Å². The standard InChI is InChI=1S/C10HF5N2/c11-6-5(1-4(2-16)3-17)7(12)9(14)10(15)8(6)13/h1H. The van der Waals surface area contributed by atoms with Gasteiger partial charge in [-0.15, -0.1) is 0 Å². The Kier molecular flexibility index (Phi) is 3.44. The summed E-state index contributed by atoms with van der Waals surface area (Å²) >= 11 is 0. The van der Waals surface area contributed by atoms with E-state index in [0.717, 1.165) is 0 Å². The number of hydrogen-bond acceptors (Lipinski definition) is 2. The van der Waals surface area contributed by atoms with E-state index in [1.807, 2.05) is 0 Å². The largest absolute Gasteiger partial charge is 0.203 e. The van der Waals surface area contributed by atoms with E-state index in [-0.39, 0.29) is 6.08 Å². The van der Waals surface area contributed by atoms with Crippen LogP contribution in [0.5, 0.6) is 0 Å². The summed E-state index contributed by atoms with van der Waals surface area (Å²) in [7, 11) is 0. The zero-order valence-corrected chi connectivity index (χ0v) is 7.86. The average molecular weight is 244 g/mol. The topological polar surface area (TPSA) is 47.6 Å². The van der Waals surface area contributed by atoms with Gasteiger partial charge in [0.05, 0.1) is 5.56 Å². The van der Waals surface area contributed by atoms with Gasteiger partial charge in [0.1, 0.15) is 17.7 Å². The van der Waals surface area contributed by atoms with Crippen LogP contribution in [0.2, 0.25) is 0 Å². The van der Waals surface area contributed by atoms with Crippen LogP contribution in [-0.4, -0.2) is 0 Å². The zero-order valence-electron chi connectivity index (χ0n) is 7.86. The summed E-state index contributed by atoms with van der Waals surface area (Å²) in [6, 6.07) is 2.47. The molecule has 0 amide bonds. The van der Waals surface area contributed by atoms with Gasteiger partial charge in [-0.1, -0.05) is 0 Å². The third-order valence-corrected chi connectivity index (χ3v) is 1.77. The number of hydrogen-bond donors (Lipinski definition) is 0. The molecule has 0 heterocycles. The molecular formula is C10HF5N2. The summed E-state index contributed by atoms with van der Waals surface area (Å²) in [5.74, 6) is -10.8. The maximum atomic E-state index is 13.1. The molecule has 86 valence electrons. The van der Waals surface area contributed by atoms with Gasteiger partial charge in [-0.05, 0) is 6.08 Å². The van der Waals surface area contributed by atoms with Gasteiger partial charge in [-0.3, -0.25) is 0 Å². The lowest BCUT2D eigenvalue weighted by molar-refractivity contribution is 0.377. The van der Waals surface area contributed by atoms with E-state index in [0.29, 0.717) is 0 Å². The highest BCUT2D eigenvalue weighted by Gasteiger charge is 2.24. The van der Waals surface area contributed by atoms with Crippen molar-refractivity contribution in [2.24, 2.45) is 0 Å². The Bertz CT molecular complexity index is 547. The first-order valence-electron chi connectivity index (χ1n) is 3.97. The quantitative estimate of drug-likeness (QED) is 0.330. The Hall–Kier alpha value is -2.41. The van der Waals surface area contributed by atoms with Gasteiger partial charge >= 0.3 is 0 Å². The molecule has 0 atom stereocenters. The smallest absolute Gasteiger partial charge is 0.200 e. The fourth-order valence-electron chi connectivity index (χ4n) is 0.982. The summed E-state index contributed by atoms with van der Waals surface area (Å²) in [5.41, 5.74) is -2.10. The first-order chi connectivity index (χ1) is 7.93. The maximum Gasteiger partial charge on any atom is 0.200 e. The number of allylic oxidation sites excluding steroid dienone is 1. The minimum absolute atomic E-state index is 0.288. The van der Waals surface area contributed by atoms with Crippen molar-refractivity contribution in [3.8, 4) is 12.1 Å². The number of nitrogens with zero attached hydrogens (tertiary/aromatic N) is 2. The third kappa shape index (κ3) is 2.08. The molecule has 0 saturated carbocycles. The molecule has 0 radical (unpaired) electrons. The molecule has 0 N–H and O–H groups in total. The summed E-state index contributed by atoms with van der Waals surface area (Å²) in [4.78, 5) is 0. The van der Waals surface area contributed by atoms with Crippen LogP contribution in [0.4, 0.5) is 22.0 Å². The Morgan fingerprint density at radius 3 is 1.47 bits per heavy atom. The van der Waals surface area contributed by atoms with Gasteiger partial charge in [0.15, 0.2) is 23.3 Å². The molecule has 0 unspecified atom stereocenters. The van der Waals surface area contributed by atoms with Crippen LogP contribution >= 0.6 is 0 Å². The summed E-state index contributed by atoms with van der Waals surface area (Å²) in [6.07, 6.45) is 0.288. The maximum absolute atomic E-state index is 13.1. The van der Waals surface area contributed by atoms with Gasteiger partial charge in [-0.25, -0.2) is 22.0 Å². The lowest BCUT2D eigenvalue weighted by atomic mass is 10.1. The lowest BCUT2D eigenvalue weighted by Gasteiger charge is -2.03. The van der Waals surface area contributed by atoms with Crippen LogP contribution in [0.25, 0.3) is 6.08 Å². The zero-order chi connectivity index (χ0) is 13.2. The molecule has 0 aliphatic rings. The molecule has 1 rings (SSSR count). The van der Waals surface area contributed by atoms with Gasteiger partial charge in [0, 0.05) is 0 Å². The molecule has 7 heteroatoms. The molecule has 17 heavy (non-hydrogen) atoms. The lowest BCUT2D eigenvalue weighted by Crippen LogP contribution is -2.04. The Morgan fingerprint density at radius 1 is 0.765 bits per heavy atom. The van der Waals surface area contributed by atoms with Crippen molar-refractivity contribution in [3.63, 3.8) is 0 Å². The van der Waals surface area contributed by atoms with Crippen molar-refractivity contribution in [1.29, 1.82) is 10.5 Å². The first kappa shape index (κ1) is 12.7. The number of rotatable bonds is 1. The summed E-state index contributed by atoms with van der Waals surface area (Å²) in [5, 5.41) is 16.6. The predicted molar refractivity (Wildman–Crippen MR) is 45.4 cm³/mol. The highest BCUT2D eigenvalue weighted by molar-refractivity contribution is 5.63. The number of halogens is 5. The molecule has 1 aromatic carbocycles. The van der Waals surface area contributed by atoms with E-state index in [2.05, 4.69) is 0 Å². The molecule has 0 aromatic heterocycles. The molecule has 0 saturated heterocycles. The molecule has 0 aliphatic heterocycles. The highest BCUT2D eigenvalue weighted by atomic mass is 19.2. The van der Waals surface area contributed by atoms with Crippen LogP contribution < -0.4 is 0 Å². The van der Waals surface area contributed by atoms with Crippen LogP contribution in [0.1, 0.15) is 5.56 Å². The van der Waals surface area contributed by atoms with E-state index < -0.39 is 40.2 Å². The van der Waals surface area contributed by atoms with Gasteiger partial charge in [0.2, 0.25) is 5.82 Å². The second-order valence-corrected chi connectivity index (χ2v) is 2.77. The summed E-state index contributed by atoms with van der Waals surface area (Å²) in [6.45, 7) is 0. The molecule has 0 aliphatic carbocycles. The number of nitriles is 2. The Morgan fingerprint density at radius 2 is 1.12 bits per heavy atom. The van der Waals surface area contributed by atoms with Crippen molar-refractivity contribution in [2.45, 2.75) is 0 Å². The molecule has 0 spiro atoms. The van der Waals surface area contributed by atoms with Crippen molar-refractivity contribution in [3.05, 3.63) is 40.2 Å². The molecule has 1 aromatic rings. The average Bonchev–Trinajstić information content (AvgIpc) is 2.34. The fraction of sp³-hybridized carbons (Fsp3) is 0. The normalized spacial score (nSPS) is 9.35. The monoisotopic (exact) mass is 244 g/mol. The SMILES string of the molecule is N#CC(C#N)=Cc1c(F)c(F)c(F)c(F)c1F. The third-order valence-electron chi connectivity index (χ3n) is 1.77. The van der Waals surface area contributed by atoms with Crippen LogP contribution in [0.15, 0.2) is 5.57 Å². The van der Waals surface area contributed by atoms with Crippen molar-refractivity contribution < 1.29 is 22.0 Å². The second kappa shape index (κ2) is 4.62. The minimum Gasteiger partial charge on any atom is -0.203 e. The second-order valence-electron chi connectivity index (χ2n) is 2.77. The van der Waals surface area contributed by atoms with Crippen molar-refractivity contribution >= 4 is 6.08 Å². The summed E-state index contributed by atoms with van der Waals surface area (Å²) < 4.78 is 64.1.